The number of likely N-dealkylation sites (tertiary alicyclic amines) is 1. The Kier molecular flexibility index (Phi) is 4.02. The van der Waals surface area contributed by atoms with Gasteiger partial charge in [0.25, 0.3) is 11.8 Å². The van der Waals surface area contributed by atoms with Crippen molar-refractivity contribution in [1.29, 1.82) is 0 Å². The number of carbonyl (C=O) groups is 2. The van der Waals surface area contributed by atoms with Gasteiger partial charge in [0.05, 0.1) is 13.2 Å². The van der Waals surface area contributed by atoms with Gasteiger partial charge in [0.15, 0.2) is 5.79 Å². The SMILES string of the molecule is O=C(NC1CC1)c1cccc(C(=O)N2CCC3(CC2)OCCO3)c1. The normalized spacial score (nSPS) is 22.6. The average molecular weight is 330 g/mol. The second-order valence-electron chi connectivity index (χ2n) is 6.73. The smallest absolute Gasteiger partial charge is 0.253 e. The lowest BCUT2D eigenvalue weighted by Gasteiger charge is -2.37. The van der Waals surface area contributed by atoms with Crippen LogP contribution < -0.4 is 5.32 Å². The van der Waals surface area contributed by atoms with Crippen LogP contribution in [-0.4, -0.2) is 54.8 Å². The van der Waals surface area contributed by atoms with E-state index in [0.29, 0.717) is 56.3 Å². The molecule has 2 heterocycles. The predicted molar refractivity (Wildman–Crippen MR) is 86.7 cm³/mol. The van der Waals surface area contributed by atoms with E-state index in [1.165, 1.54) is 0 Å². The molecule has 0 aromatic heterocycles. The summed E-state index contributed by atoms with van der Waals surface area (Å²) in [6.07, 6.45) is 3.48. The van der Waals surface area contributed by atoms with Gasteiger partial charge in [-0.05, 0) is 31.0 Å². The summed E-state index contributed by atoms with van der Waals surface area (Å²) >= 11 is 0. The summed E-state index contributed by atoms with van der Waals surface area (Å²) in [5.41, 5.74) is 1.10. The van der Waals surface area contributed by atoms with Crippen LogP contribution in [0.2, 0.25) is 0 Å². The second kappa shape index (κ2) is 6.18. The number of nitrogens with one attached hydrogen (secondary N) is 1. The number of ether oxygens (including phenoxy) is 2. The molecule has 0 unspecified atom stereocenters. The molecule has 0 bridgehead atoms. The first kappa shape index (κ1) is 15.6. The Bertz CT molecular complexity index is 640. The van der Waals surface area contributed by atoms with Crippen molar-refractivity contribution < 1.29 is 19.1 Å². The summed E-state index contributed by atoms with van der Waals surface area (Å²) < 4.78 is 11.4. The number of amides is 2. The summed E-state index contributed by atoms with van der Waals surface area (Å²) in [7, 11) is 0. The van der Waals surface area contributed by atoms with Crippen LogP contribution in [-0.2, 0) is 9.47 Å². The van der Waals surface area contributed by atoms with Crippen LogP contribution in [0, 0.1) is 0 Å². The van der Waals surface area contributed by atoms with Gasteiger partial charge in [-0.3, -0.25) is 9.59 Å². The molecule has 0 radical (unpaired) electrons. The molecule has 1 aromatic rings. The minimum atomic E-state index is -0.483. The molecule has 1 spiro atoms. The first-order valence-electron chi connectivity index (χ1n) is 8.63. The quantitative estimate of drug-likeness (QED) is 0.913. The highest BCUT2D eigenvalue weighted by molar-refractivity contribution is 5.99. The zero-order valence-corrected chi connectivity index (χ0v) is 13.6. The topological polar surface area (TPSA) is 67.9 Å². The fourth-order valence-electron chi connectivity index (χ4n) is 3.31. The molecule has 1 saturated carbocycles. The molecule has 1 aliphatic carbocycles. The highest BCUT2D eigenvalue weighted by Gasteiger charge is 2.40. The molecule has 4 rings (SSSR count). The average Bonchev–Trinajstić information content (AvgIpc) is 3.32. The fourth-order valence-corrected chi connectivity index (χ4v) is 3.31. The van der Waals surface area contributed by atoms with Crippen molar-refractivity contribution in [3.8, 4) is 0 Å². The summed E-state index contributed by atoms with van der Waals surface area (Å²) in [6, 6.07) is 7.28. The van der Waals surface area contributed by atoms with Crippen LogP contribution in [0.25, 0.3) is 0 Å². The van der Waals surface area contributed by atoms with Crippen molar-refractivity contribution in [3.05, 3.63) is 35.4 Å². The lowest BCUT2D eigenvalue weighted by Crippen LogP contribution is -2.47. The number of nitrogens with zero attached hydrogens (tertiary/aromatic N) is 1. The van der Waals surface area contributed by atoms with Gasteiger partial charge in [0, 0.05) is 43.1 Å². The third-order valence-electron chi connectivity index (χ3n) is 4.91. The molecule has 128 valence electrons. The number of rotatable bonds is 3. The maximum atomic E-state index is 12.7. The third kappa shape index (κ3) is 3.16. The summed E-state index contributed by atoms with van der Waals surface area (Å²) in [6.45, 7) is 2.48. The lowest BCUT2D eigenvalue weighted by atomic mass is 10.0. The third-order valence-corrected chi connectivity index (χ3v) is 4.91. The molecule has 3 fully saturated rings. The Morgan fingerprint density at radius 3 is 2.42 bits per heavy atom. The maximum absolute atomic E-state index is 12.7. The number of benzene rings is 1. The summed E-state index contributed by atoms with van der Waals surface area (Å²) in [5.74, 6) is -0.621. The zero-order valence-electron chi connectivity index (χ0n) is 13.6. The molecule has 24 heavy (non-hydrogen) atoms. The highest BCUT2D eigenvalue weighted by Crippen LogP contribution is 2.31. The Balaban J connectivity index is 1.41. The molecule has 6 heteroatoms. The molecule has 1 aromatic carbocycles. The van der Waals surface area contributed by atoms with Crippen LogP contribution in [0.1, 0.15) is 46.4 Å². The monoisotopic (exact) mass is 330 g/mol. The summed E-state index contributed by atoms with van der Waals surface area (Å²) in [5, 5.41) is 2.95. The first-order valence-corrected chi connectivity index (χ1v) is 8.63. The Morgan fingerprint density at radius 2 is 1.75 bits per heavy atom. The highest BCUT2D eigenvalue weighted by atomic mass is 16.7. The molecular weight excluding hydrogens is 308 g/mol. The Hall–Kier alpha value is -1.92. The van der Waals surface area contributed by atoms with E-state index in [4.69, 9.17) is 9.47 Å². The number of hydrogen-bond acceptors (Lipinski definition) is 4. The number of hydrogen-bond donors (Lipinski definition) is 1. The molecule has 2 amide bonds. The van der Waals surface area contributed by atoms with E-state index < -0.39 is 5.79 Å². The van der Waals surface area contributed by atoms with E-state index >= 15 is 0 Å². The predicted octanol–water partition coefficient (Wildman–Crippen LogP) is 1.56. The van der Waals surface area contributed by atoms with Crippen molar-refractivity contribution in [2.45, 2.75) is 37.5 Å². The second-order valence-corrected chi connectivity index (χ2v) is 6.73. The van der Waals surface area contributed by atoms with Crippen molar-refractivity contribution in [3.63, 3.8) is 0 Å². The van der Waals surface area contributed by atoms with Crippen LogP contribution in [0.4, 0.5) is 0 Å². The van der Waals surface area contributed by atoms with E-state index in [0.717, 1.165) is 12.8 Å². The maximum Gasteiger partial charge on any atom is 0.253 e. The van der Waals surface area contributed by atoms with E-state index in [-0.39, 0.29) is 11.8 Å². The minimum absolute atomic E-state index is 0.0380. The van der Waals surface area contributed by atoms with E-state index in [2.05, 4.69) is 5.32 Å². The van der Waals surface area contributed by atoms with E-state index in [9.17, 15) is 9.59 Å². The first-order chi connectivity index (χ1) is 11.7. The minimum Gasteiger partial charge on any atom is -0.349 e. The van der Waals surface area contributed by atoms with Crippen LogP contribution in [0.3, 0.4) is 0 Å². The van der Waals surface area contributed by atoms with Crippen molar-refractivity contribution in [1.82, 2.24) is 10.2 Å². The molecule has 6 nitrogen and oxygen atoms in total. The molecule has 2 aliphatic heterocycles. The van der Waals surface area contributed by atoms with Gasteiger partial charge in [-0.25, -0.2) is 0 Å². The van der Waals surface area contributed by atoms with Crippen LogP contribution in [0.15, 0.2) is 24.3 Å². The van der Waals surface area contributed by atoms with Gasteiger partial charge < -0.3 is 19.7 Å². The van der Waals surface area contributed by atoms with Gasteiger partial charge in [-0.15, -0.1) is 0 Å². The van der Waals surface area contributed by atoms with Gasteiger partial charge in [0.1, 0.15) is 0 Å². The molecule has 2 saturated heterocycles. The van der Waals surface area contributed by atoms with Gasteiger partial charge in [-0.2, -0.15) is 0 Å². The van der Waals surface area contributed by atoms with Crippen LogP contribution >= 0.6 is 0 Å². The largest absolute Gasteiger partial charge is 0.349 e. The van der Waals surface area contributed by atoms with E-state index in [1.807, 2.05) is 4.90 Å². The van der Waals surface area contributed by atoms with Gasteiger partial charge in [-0.1, -0.05) is 6.07 Å². The Labute approximate surface area is 141 Å². The Morgan fingerprint density at radius 1 is 1.08 bits per heavy atom. The number of carbonyl (C=O) groups excluding carboxylic acids is 2. The van der Waals surface area contributed by atoms with Crippen molar-refractivity contribution >= 4 is 11.8 Å². The molecule has 1 N–H and O–H groups in total. The molecule has 3 aliphatic rings. The summed E-state index contributed by atoms with van der Waals surface area (Å²) in [4.78, 5) is 26.7. The zero-order chi connectivity index (χ0) is 16.6. The van der Waals surface area contributed by atoms with Crippen molar-refractivity contribution in [2.75, 3.05) is 26.3 Å². The van der Waals surface area contributed by atoms with Gasteiger partial charge >= 0.3 is 0 Å². The number of piperidine rings is 1. The van der Waals surface area contributed by atoms with Gasteiger partial charge in [0.2, 0.25) is 0 Å². The fraction of sp³-hybridized carbons (Fsp3) is 0.556. The van der Waals surface area contributed by atoms with Crippen LogP contribution in [0.5, 0.6) is 0 Å². The van der Waals surface area contributed by atoms with E-state index in [1.54, 1.807) is 24.3 Å². The molecular formula is C18H22N2O4. The molecule has 0 atom stereocenters. The standard InChI is InChI=1S/C18H22N2O4/c21-16(19-15-4-5-15)13-2-1-3-14(12-13)17(22)20-8-6-18(7-9-20)23-10-11-24-18/h1-3,12,15H,4-11H2,(H,19,21). The lowest BCUT2D eigenvalue weighted by molar-refractivity contribution is -0.181. The van der Waals surface area contributed by atoms with Crippen molar-refractivity contribution in [2.24, 2.45) is 0 Å².